The van der Waals surface area contributed by atoms with E-state index in [1.165, 1.54) is 0 Å². The summed E-state index contributed by atoms with van der Waals surface area (Å²) in [7, 11) is 0. The largest absolute Gasteiger partial charge is 0.389 e. The zero-order chi connectivity index (χ0) is 13.7. The molecule has 6 atom stereocenters. The van der Waals surface area contributed by atoms with E-state index in [0.29, 0.717) is 23.7 Å². The molecule has 5 N–H and O–H groups in total. The molecular formula is C15H30N2O. The van der Waals surface area contributed by atoms with Gasteiger partial charge in [0.2, 0.25) is 0 Å². The molecular weight excluding hydrogens is 224 g/mol. The van der Waals surface area contributed by atoms with Crippen molar-refractivity contribution >= 4 is 0 Å². The van der Waals surface area contributed by atoms with Crippen LogP contribution in [0.15, 0.2) is 0 Å². The van der Waals surface area contributed by atoms with Gasteiger partial charge < -0.3 is 16.6 Å². The number of rotatable bonds is 1. The van der Waals surface area contributed by atoms with Crippen LogP contribution in [0, 0.1) is 23.7 Å². The number of hydrogen-bond acceptors (Lipinski definition) is 3. The molecule has 18 heavy (non-hydrogen) atoms. The van der Waals surface area contributed by atoms with Crippen LogP contribution in [0.2, 0.25) is 0 Å². The standard InChI is InChI=1S/C15H30N2O/c1-9(2)10-5-7-14(3,17)11-6-8-15(4,18)13(16)12(10)11/h9-13,18H,5-8,16-17H2,1-4H3/t10-,11+,12-,13-,14+,15-/m1/s1. The fourth-order valence-corrected chi connectivity index (χ4v) is 4.44. The van der Waals surface area contributed by atoms with E-state index < -0.39 is 5.60 Å². The lowest BCUT2D eigenvalue weighted by Gasteiger charge is -2.57. The summed E-state index contributed by atoms with van der Waals surface area (Å²) in [5.41, 5.74) is 12.1. The third-order valence-corrected chi connectivity index (χ3v) is 5.77. The van der Waals surface area contributed by atoms with E-state index in [9.17, 15) is 5.11 Å². The molecule has 2 aliphatic carbocycles. The van der Waals surface area contributed by atoms with Crippen molar-refractivity contribution < 1.29 is 5.11 Å². The molecule has 2 rings (SSSR count). The lowest BCUT2D eigenvalue weighted by atomic mass is 9.52. The predicted molar refractivity (Wildman–Crippen MR) is 75.0 cm³/mol. The Labute approximate surface area is 111 Å². The van der Waals surface area contributed by atoms with Crippen molar-refractivity contribution in [2.24, 2.45) is 35.1 Å². The maximum Gasteiger partial charge on any atom is 0.0773 e. The summed E-state index contributed by atoms with van der Waals surface area (Å²) in [4.78, 5) is 0. The summed E-state index contributed by atoms with van der Waals surface area (Å²) in [5.74, 6) is 2.06. The maximum absolute atomic E-state index is 10.5. The Balaban J connectivity index is 2.32. The highest BCUT2D eigenvalue weighted by molar-refractivity contribution is 5.08. The van der Waals surface area contributed by atoms with E-state index in [2.05, 4.69) is 20.8 Å². The quantitative estimate of drug-likeness (QED) is 0.669. The summed E-state index contributed by atoms with van der Waals surface area (Å²) in [6.45, 7) is 8.62. The third kappa shape index (κ3) is 2.21. The van der Waals surface area contributed by atoms with Crippen molar-refractivity contribution in [1.82, 2.24) is 0 Å². The zero-order valence-electron chi connectivity index (χ0n) is 12.3. The first kappa shape index (κ1) is 14.3. The van der Waals surface area contributed by atoms with Crippen LogP contribution in [-0.4, -0.2) is 22.3 Å². The van der Waals surface area contributed by atoms with Crippen LogP contribution in [0.25, 0.3) is 0 Å². The molecule has 3 nitrogen and oxygen atoms in total. The molecule has 2 saturated carbocycles. The van der Waals surface area contributed by atoms with Gasteiger partial charge in [-0.25, -0.2) is 0 Å². The number of nitrogens with two attached hydrogens (primary N) is 2. The molecule has 0 aromatic heterocycles. The molecule has 0 radical (unpaired) electrons. The van der Waals surface area contributed by atoms with Crippen molar-refractivity contribution in [3.8, 4) is 0 Å². The van der Waals surface area contributed by atoms with Gasteiger partial charge in [-0.05, 0) is 63.2 Å². The first-order valence-electron chi connectivity index (χ1n) is 7.43. The number of aliphatic hydroxyl groups is 1. The van der Waals surface area contributed by atoms with E-state index in [-0.39, 0.29) is 11.6 Å². The Bertz CT molecular complexity index is 310. The lowest BCUT2D eigenvalue weighted by molar-refractivity contribution is -0.0952. The van der Waals surface area contributed by atoms with Crippen molar-refractivity contribution in [1.29, 1.82) is 0 Å². The van der Waals surface area contributed by atoms with E-state index in [4.69, 9.17) is 11.5 Å². The summed E-state index contributed by atoms with van der Waals surface area (Å²) < 4.78 is 0. The molecule has 0 aromatic carbocycles. The van der Waals surface area contributed by atoms with Gasteiger partial charge in [0.25, 0.3) is 0 Å². The van der Waals surface area contributed by atoms with Gasteiger partial charge in [0.1, 0.15) is 0 Å². The Morgan fingerprint density at radius 1 is 1.17 bits per heavy atom. The SMILES string of the molecule is CC(C)[C@H]1CC[C@](C)(N)[C@H]2CC[C@@](C)(O)[C@H](N)[C@H]12. The van der Waals surface area contributed by atoms with Gasteiger partial charge in [0.15, 0.2) is 0 Å². The molecule has 0 bridgehead atoms. The smallest absolute Gasteiger partial charge is 0.0773 e. The van der Waals surface area contributed by atoms with Crippen molar-refractivity contribution in [2.75, 3.05) is 0 Å². The van der Waals surface area contributed by atoms with E-state index in [1.807, 2.05) is 6.92 Å². The maximum atomic E-state index is 10.5. The number of fused-ring (bicyclic) bond motifs is 1. The first-order valence-corrected chi connectivity index (χ1v) is 7.43. The van der Waals surface area contributed by atoms with Crippen LogP contribution >= 0.6 is 0 Å². The monoisotopic (exact) mass is 254 g/mol. The molecule has 2 fully saturated rings. The molecule has 0 saturated heterocycles. The van der Waals surface area contributed by atoms with E-state index >= 15 is 0 Å². The molecule has 0 aromatic rings. The summed E-state index contributed by atoms with van der Waals surface area (Å²) >= 11 is 0. The molecule has 3 heteroatoms. The van der Waals surface area contributed by atoms with Crippen molar-refractivity contribution in [3.05, 3.63) is 0 Å². The van der Waals surface area contributed by atoms with Gasteiger partial charge >= 0.3 is 0 Å². The molecule has 0 spiro atoms. The fraction of sp³-hybridized carbons (Fsp3) is 1.00. The predicted octanol–water partition coefficient (Wildman–Crippen LogP) is 1.87. The van der Waals surface area contributed by atoms with Gasteiger partial charge in [-0.3, -0.25) is 0 Å². The third-order valence-electron chi connectivity index (χ3n) is 5.77. The summed E-state index contributed by atoms with van der Waals surface area (Å²) in [6, 6.07) is -0.133. The molecule has 0 heterocycles. The minimum atomic E-state index is -0.721. The van der Waals surface area contributed by atoms with Crippen LogP contribution in [0.5, 0.6) is 0 Å². The molecule has 2 aliphatic rings. The normalized spacial score (nSPS) is 53.3. The average molecular weight is 254 g/mol. The lowest BCUT2D eigenvalue weighted by Crippen LogP contribution is -2.65. The van der Waals surface area contributed by atoms with Crippen LogP contribution < -0.4 is 11.5 Å². The van der Waals surface area contributed by atoms with E-state index in [1.54, 1.807) is 0 Å². The molecule has 0 amide bonds. The Kier molecular flexibility index (Phi) is 3.54. The molecule has 106 valence electrons. The van der Waals surface area contributed by atoms with Crippen molar-refractivity contribution in [3.63, 3.8) is 0 Å². The molecule has 0 aliphatic heterocycles. The Morgan fingerprint density at radius 2 is 1.78 bits per heavy atom. The molecule has 0 unspecified atom stereocenters. The minimum absolute atomic E-state index is 0.107. The Hall–Kier alpha value is -0.120. The van der Waals surface area contributed by atoms with Crippen LogP contribution in [0.3, 0.4) is 0 Å². The first-order chi connectivity index (χ1) is 8.17. The summed E-state index contributed by atoms with van der Waals surface area (Å²) in [6.07, 6.45) is 4.04. The van der Waals surface area contributed by atoms with Crippen molar-refractivity contribution in [2.45, 2.75) is 70.6 Å². The second kappa shape index (κ2) is 4.46. The zero-order valence-corrected chi connectivity index (χ0v) is 12.3. The van der Waals surface area contributed by atoms with E-state index in [0.717, 1.165) is 25.7 Å². The topological polar surface area (TPSA) is 72.3 Å². The van der Waals surface area contributed by atoms with Crippen LogP contribution in [0.4, 0.5) is 0 Å². The van der Waals surface area contributed by atoms with Gasteiger partial charge in [-0.15, -0.1) is 0 Å². The van der Waals surface area contributed by atoms with Crippen LogP contribution in [0.1, 0.15) is 53.4 Å². The van der Waals surface area contributed by atoms with Gasteiger partial charge in [0.05, 0.1) is 5.60 Å². The second-order valence-corrected chi connectivity index (χ2v) is 7.56. The number of hydrogen-bond donors (Lipinski definition) is 3. The van der Waals surface area contributed by atoms with Gasteiger partial charge in [0, 0.05) is 11.6 Å². The van der Waals surface area contributed by atoms with Crippen LogP contribution in [-0.2, 0) is 0 Å². The average Bonchev–Trinajstić information content (AvgIpc) is 2.23. The Morgan fingerprint density at radius 3 is 2.33 bits per heavy atom. The van der Waals surface area contributed by atoms with Gasteiger partial charge in [-0.2, -0.15) is 0 Å². The minimum Gasteiger partial charge on any atom is -0.389 e. The highest BCUT2D eigenvalue weighted by atomic mass is 16.3. The fourth-order valence-electron chi connectivity index (χ4n) is 4.44. The summed E-state index contributed by atoms with van der Waals surface area (Å²) in [5, 5.41) is 10.5. The van der Waals surface area contributed by atoms with Gasteiger partial charge in [-0.1, -0.05) is 13.8 Å². The highest BCUT2D eigenvalue weighted by Gasteiger charge is 2.54. The highest BCUT2D eigenvalue weighted by Crippen LogP contribution is 2.51. The second-order valence-electron chi connectivity index (χ2n) is 7.56.